The minimum atomic E-state index is -1.21. The number of carbonyl (C=O) groups excluding carboxylic acids is 8. The lowest BCUT2D eigenvalue weighted by atomic mass is 9.79. The Kier molecular flexibility index (Phi) is 35.3. The lowest BCUT2D eigenvalue weighted by Gasteiger charge is -2.27. The maximum atomic E-state index is 12.1. The number of esters is 8. The highest BCUT2D eigenvalue weighted by Gasteiger charge is 2.39. The van der Waals surface area contributed by atoms with E-state index in [0.29, 0.717) is 51.4 Å². The van der Waals surface area contributed by atoms with E-state index >= 15 is 0 Å². The highest BCUT2D eigenvalue weighted by molar-refractivity contribution is 6.03. The summed E-state index contributed by atoms with van der Waals surface area (Å²) in [6.07, 6.45) is 6.82. The molecule has 2 saturated carbocycles. The number of carbonyl (C=O) groups is 12. The third-order valence-electron chi connectivity index (χ3n) is 15.1. The number of hydrogen-bond donors (Lipinski definition) is 4. The largest absolute Gasteiger partial charge is 0.481 e. The van der Waals surface area contributed by atoms with Gasteiger partial charge in [-0.15, -0.1) is 0 Å². The van der Waals surface area contributed by atoms with Gasteiger partial charge in [-0.25, -0.2) is 19.2 Å². The predicted molar refractivity (Wildman–Crippen MR) is 316 cm³/mol. The van der Waals surface area contributed by atoms with E-state index in [1.165, 1.54) is 36.4 Å². The van der Waals surface area contributed by atoms with Crippen molar-refractivity contribution in [2.75, 3.05) is 39.6 Å². The van der Waals surface area contributed by atoms with Gasteiger partial charge >= 0.3 is 71.6 Å². The number of aliphatic carboxylic acids is 2. The maximum absolute atomic E-state index is 12.1. The Morgan fingerprint density at radius 1 is 0.432 bits per heavy atom. The third-order valence-corrected chi connectivity index (χ3v) is 15.1. The second kappa shape index (κ2) is 39.8. The van der Waals surface area contributed by atoms with Crippen molar-refractivity contribution in [1.29, 1.82) is 0 Å². The summed E-state index contributed by atoms with van der Waals surface area (Å²) >= 11 is 0. The number of rotatable bonds is 28. The van der Waals surface area contributed by atoms with Gasteiger partial charge in [0.25, 0.3) is 0 Å². The first-order chi connectivity index (χ1) is 41.3. The van der Waals surface area contributed by atoms with Gasteiger partial charge in [0.1, 0.15) is 51.8 Å². The quantitative estimate of drug-likeness (QED) is 0.0349. The molecule has 8 atom stereocenters. The smallest absolute Gasteiger partial charge is 0.339 e. The standard InChI is InChI=1S/C16H26O6.C16H20O6.C16H26O6.C16H20O6/c2*1-4-16(2,3)15(20)22-10-9-21-14(19)12-8-6-5-7-11(12)13(17)18;2*1-4-10(2)15(19)21-9-11(3)22-16(20)13-8-6-5-7-12(13)14(17)18/h11-12H,4-10H2,1-3H3,(H,17,18);5-8H,4,9-10H2,1-3H3,(H,17,18);10-13H,4-9H2,1-3H3,(H,17,18);5-8,10-11H,4,9H2,1-3H3,(H,17,18). The molecule has 0 aromatic heterocycles. The molecule has 8 unspecified atom stereocenters. The Labute approximate surface area is 514 Å². The Morgan fingerprint density at radius 3 is 1.12 bits per heavy atom. The molecule has 0 radical (unpaired) electrons. The van der Waals surface area contributed by atoms with Crippen LogP contribution in [0.4, 0.5) is 0 Å². The number of benzene rings is 2. The molecule has 0 bridgehead atoms. The van der Waals surface area contributed by atoms with Gasteiger partial charge < -0.3 is 58.3 Å². The third kappa shape index (κ3) is 27.4. The van der Waals surface area contributed by atoms with Crippen LogP contribution in [0.1, 0.15) is 202 Å². The van der Waals surface area contributed by atoms with Crippen LogP contribution >= 0.6 is 0 Å². The summed E-state index contributed by atoms with van der Waals surface area (Å²) in [5.74, 6) is -11.1. The number of ether oxygens (including phenoxy) is 8. The zero-order valence-electron chi connectivity index (χ0n) is 52.9. The van der Waals surface area contributed by atoms with Crippen LogP contribution in [-0.4, -0.2) is 144 Å². The summed E-state index contributed by atoms with van der Waals surface area (Å²) < 4.78 is 40.6. The normalized spacial score (nSPS) is 17.5. The van der Waals surface area contributed by atoms with Crippen LogP contribution in [0.25, 0.3) is 0 Å². The molecule has 0 spiro atoms. The molecule has 24 heteroatoms. The van der Waals surface area contributed by atoms with Gasteiger partial charge in [0.05, 0.1) is 68.6 Å². The summed E-state index contributed by atoms with van der Waals surface area (Å²) in [5.41, 5.74) is -1.46. The Bertz CT molecular complexity index is 2640. The van der Waals surface area contributed by atoms with Crippen LogP contribution in [0.3, 0.4) is 0 Å². The van der Waals surface area contributed by atoms with Crippen molar-refractivity contribution in [3.8, 4) is 0 Å². The average molecular weight is 1250 g/mol. The fourth-order valence-corrected chi connectivity index (χ4v) is 8.14. The topological polar surface area (TPSA) is 360 Å². The van der Waals surface area contributed by atoms with E-state index < -0.39 is 94.5 Å². The molecule has 0 aliphatic heterocycles. The molecular weight excluding hydrogens is 1150 g/mol. The summed E-state index contributed by atoms with van der Waals surface area (Å²) in [6, 6.07) is 11.5. The second-order valence-electron chi connectivity index (χ2n) is 22.8. The minimum Gasteiger partial charge on any atom is -0.481 e. The molecule has 492 valence electrons. The highest BCUT2D eigenvalue weighted by atomic mass is 16.6. The van der Waals surface area contributed by atoms with Crippen molar-refractivity contribution in [3.05, 3.63) is 70.8 Å². The lowest BCUT2D eigenvalue weighted by molar-refractivity contribution is -0.168. The van der Waals surface area contributed by atoms with Crippen LogP contribution in [0.5, 0.6) is 0 Å². The monoisotopic (exact) mass is 1240 g/mol. The summed E-state index contributed by atoms with van der Waals surface area (Å²) in [4.78, 5) is 139. The van der Waals surface area contributed by atoms with E-state index in [2.05, 4.69) is 0 Å². The van der Waals surface area contributed by atoms with Crippen molar-refractivity contribution in [2.24, 2.45) is 46.3 Å². The molecule has 0 amide bonds. The lowest BCUT2D eigenvalue weighted by Crippen LogP contribution is -2.36. The van der Waals surface area contributed by atoms with E-state index in [1.54, 1.807) is 67.5 Å². The maximum Gasteiger partial charge on any atom is 0.339 e. The summed E-state index contributed by atoms with van der Waals surface area (Å²) in [7, 11) is 0. The van der Waals surface area contributed by atoms with Crippen molar-refractivity contribution in [3.63, 3.8) is 0 Å². The first kappa shape index (κ1) is 78.1. The van der Waals surface area contributed by atoms with Crippen LogP contribution in [-0.2, 0) is 76.3 Å². The SMILES string of the molecule is CCC(C)(C)C(=O)OCCOC(=O)C1CCCCC1C(=O)O.CCC(C)(C)C(=O)OCCOC(=O)c1ccccc1C(=O)O.CCC(C)C(=O)OCC(C)OC(=O)C1CCCCC1C(=O)O.CCC(C)C(=O)OCC(C)OC(=O)c1ccccc1C(=O)O. The van der Waals surface area contributed by atoms with Crippen molar-refractivity contribution in [2.45, 2.75) is 172 Å². The van der Waals surface area contributed by atoms with Gasteiger partial charge in [-0.05, 0) is 117 Å². The minimum absolute atomic E-state index is 0.000624. The molecule has 2 aromatic rings. The fraction of sp³-hybridized carbons (Fsp3) is 0.625. The fourth-order valence-electron chi connectivity index (χ4n) is 8.14. The van der Waals surface area contributed by atoms with Gasteiger partial charge in [-0.2, -0.15) is 0 Å². The van der Waals surface area contributed by atoms with Crippen LogP contribution in [0, 0.1) is 46.3 Å². The average Bonchev–Trinajstić information content (AvgIpc) is 3.72. The molecule has 2 fully saturated rings. The van der Waals surface area contributed by atoms with Gasteiger partial charge in [0, 0.05) is 0 Å². The molecule has 0 heterocycles. The molecule has 2 aliphatic carbocycles. The highest BCUT2D eigenvalue weighted by Crippen LogP contribution is 2.33. The zero-order valence-corrected chi connectivity index (χ0v) is 52.9. The van der Waals surface area contributed by atoms with Gasteiger partial charge in [-0.1, -0.05) is 91.5 Å². The first-order valence-corrected chi connectivity index (χ1v) is 29.8. The number of carboxylic acids is 4. The van der Waals surface area contributed by atoms with E-state index in [4.69, 9.17) is 53.2 Å². The van der Waals surface area contributed by atoms with E-state index in [1.807, 2.05) is 27.7 Å². The Hall–Kier alpha value is -7.92. The van der Waals surface area contributed by atoms with Crippen molar-refractivity contribution < 1.29 is 116 Å². The molecule has 4 rings (SSSR count). The van der Waals surface area contributed by atoms with Crippen LogP contribution in [0.15, 0.2) is 48.5 Å². The van der Waals surface area contributed by atoms with Crippen molar-refractivity contribution in [1.82, 2.24) is 0 Å². The molecule has 2 aromatic carbocycles. The summed E-state index contributed by atoms with van der Waals surface area (Å²) in [6.45, 7) is 21.1. The predicted octanol–water partition coefficient (Wildman–Crippen LogP) is 9.84. The Balaban J connectivity index is 0.000000587. The number of hydrogen-bond acceptors (Lipinski definition) is 20. The van der Waals surface area contributed by atoms with Crippen molar-refractivity contribution >= 4 is 71.6 Å². The summed E-state index contributed by atoms with van der Waals surface area (Å²) in [5, 5.41) is 36.4. The van der Waals surface area contributed by atoms with E-state index in [0.717, 1.165) is 25.7 Å². The van der Waals surface area contributed by atoms with Gasteiger partial charge in [0.2, 0.25) is 0 Å². The van der Waals surface area contributed by atoms with E-state index in [9.17, 15) is 62.6 Å². The molecule has 2 aliphatic rings. The molecular formula is C64H92O24. The van der Waals surface area contributed by atoms with Gasteiger partial charge in [0.15, 0.2) is 0 Å². The molecule has 0 saturated heterocycles. The molecule has 4 N–H and O–H groups in total. The number of carboxylic acid groups (broad SMARTS) is 4. The number of aromatic carboxylic acids is 2. The first-order valence-electron chi connectivity index (χ1n) is 29.8. The molecule has 88 heavy (non-hydrogen) atoms. The second-order valence-corrected chi connectivity index (χ2v) is 22.8. The zero-order chi connectivity index (χ0) is 66.9. The molecule has 24 nitrogen and oxygen atoms in total. The van der Waals surface area contributed by atoms with Crippen LogP contribution in [0.2, 0.25) is 0 Å². The van der Waals surface area contributed by atoms with Gasteiger partial charge in [-0.3, -0.25) is 38.4 Å². The van der Waals surface area contributed by atoms with E-state index in [-0.39, 0.29) is 97.6 Å². The Morgan fingerprint density at radius 2 is 0.761 bits per heavy atom. The van der Waals surface area contributed by atoms with Crippen LogP contribution < -0.4 is 0 Å².